The van der Waals surface area contributed by atoms with Gasteiger partial charge in [0.05, 0.1) is 5.41 Å². The lowest BCUT2D eigenvalue weighted by Gasteiger charge is -2.04. The van der Waals surface area contributed by atoms with Crippen molar-refractivity contribution < 1.29 is 9.90 Å². The maximum atomic E-state index is 10.9. The van der Waals surface area contributed by atoms with Crippen molar-refractivity contribution in [3.63, 3.8) is 0 Å². The van der Waals surface area contributed by atoms with Crippen LogP contribution in [0.1, 0.15) is 24.8 Å². The Kier molecular flexibility index (Phi) is 2.14. The molecule has 0 unspecified atom stereocenters. The summed E-state index contributed by atoms with van der Waals surface area (Å²) in [6.07, 6.45) is 0.754. The smallest absolute Gasteiger partial charge is 0.309 e. The predicted octanol–water partition coefficient (Wildman–Crippen LogP) is 3.03. The van der Waals surface area contributed by atoms with Gasteiger partial charge >= 0.3 is 5.97 Å². The van der Waals surface area contributed by atoms with Crippen LogP contribution in [0.5, 0.6) is 0 Å². The average molecular weight is 255 g/mol. The quantitative estimate of drug-likeness (QED) is 0.881. The monoisotopic (exact) mass is 254 g/mol. The summed E-state index contributed by atoms with van der Waals surface area (Å²) in [4.78, 5) is 10.9. The molecule has 0 aliphatic heterocycles. The second kappa shape index (κ2) is 3.09. The normalized spacial score (nSPS) is 30.0. The topological polar surface area (TPSA) is 37.3 Å². The fourth-order valence-corrected chi connectivity index (χ4v) is 2.05. The van der Waals surface area contributed by atoms with E-state index in [0.717, 1.165) is 16.5 Å². The zero-order valence-electron chi connectivity index (χ0n) is 7.83. The first-order valence-corrected chi connectivity index (χ1v) is 5.32. The van der Waals surface area contributed by atoms with E-state index in [2.05, 4.69) is 15.9 Å². The maximum absolute atomic E-state index is 10.9. The molecule has 3 heteroatoms. The van der Waals surface area contributed by atoms with E-state index < -0.39 is 11.4 Å². The van der Waals surface area contributed by atoms with Crippen LogP contribution in [0.2, 0.25) is 0 Å². The fraction of sp³-hybridized carbons (Fsp3) is 0.364. The summed E-state index contributed by atoms with van der Waals surface area (Å²) < 4.78 is 1.03. The highest BCUT2D eigenvalue weighted by Crippen LogP contribution is 2.59. The molecular weight excluding hydrogens is 244 g/mol. The van der Waals surface area contributed by atoms with Gasteiger partial charge in [-0.25, -0.2) is 0 Å². The van der Waals surface area contributed by atoms with Gasteiger partial charge in [0.1, 0.15) is 0 Å². The number of carboxylic acid groups (broad SMARTS) is 1. The van der Waals surface area contributed by atoms with Crippen molar-refractivity contribution in [1.82, 2.24) is 0 Å². The Hall–Kier alpha value is -0.830. The second-order valence-electron chi connectivity index (χ2n) is 4.03. The van der Waals surface area contributed by atoms with E-state index in [4.69, 9.17) is 5.11 Å². The average Bonchev–Trinajstić information content (AvgIpc) is 2.81. The predicted molar refractivity (Wildman–Crippen MR) is 57.2 cm³/mol. The van der Waals surface area contributed by atoms with Crippen LogP contribution in [-0.4, -0.2) is 11.1 Å². The van der Waals surface area contributed by atoms with Gasteiger partial charge in [0.25, 0.3) is 0 Å². The van der Waals surface area contributed by atoms with Crippen molar-refractivity contribution in [2.45, 2.75) is 19.3 Å². The molecular formula is C11H11BrO2. The van der Waals surface area contributed by atoms with Crippen LogP contribution >= 0.6 is 15.9 Å². The maximum Gasteiger partial charge on any atom is 0.309 e. The molecule has 2 atom stereocenters. The number of aliphatic carboxylic acids is 1. The lowest BCUT2D eigenvalue weighted by molar-refractivity contribution is -0.142. The SMILES string of the molecule is C[C@@]1(C(=O)O)C[C@H]1c1ccc(Br)cc1. The van der Waals surface area contributed by atoms with Gasteiger partial charge in [-0.15, -0.1) is 0 Å². The van der Waals surface area contributed by atoms with Gasteiger partial charge in [0.2, 0.25) is 0 Å². The Labute approximate surface area is 91.1 Å². The lowest BCUT2D eigenvalue weighted by atomic mass is 10.0. The molecule has 1 N–H and O–H groups in total. The summed E-state index contributed by atoms with van der Waals surface area (Å²) in [7, 11) is 0. The molecule has 0 bridgehead atoms. The Morgan fingerprint density at radius 3 is 2.50 bits per heavy atom. The van der Waals surface area contributed by atoms with Crippen molar-refractivity contribution in [3.8, 4) is 0 Å². The van der Waals surface area contributed by atoms with E-state index in [1.54, 1.807) is 0 Å². The number of hydrogen-bond acceptors (Lipinski definition) is 1. The molecule has 2 nitrogen and oxygen atoms in total. The fourth-order valence-electron chi connectivity index (χ4n) is 1.78. The van der Waals surface area contributed by atoms with E-state index in [-0.39, 0.29) is 5.92 Å². The molecule has 2 rings (SSSR count). The van der Waals surface area contributed by atoms with Crippen molar-refractivity contribution >= 4 is 21.9 Å². The zero-order valence-corrected chi connectivity index (χ0v) is 9.41. The Morgan fingerprint density at radius 1 is 1.50 bits per heavy atom. The molecule has 1 aromatic rings. The van der Waals surface area contributed by atoms with Crippen LogP contribution in [0.4, 0.5) is 0 Å². The molecule has 74 valence electrons. The highest BCUT2D eigenvalue weighted by atomic mass is 79.9. The third-order valence-corrected chi connectivity index (χ3v) is 3.53. The van der Waals surface area contributed by atoms with Crippen LogP contribution in [0, 0.1) is 5.41 Å². The summed E-state index contributed by atoms with van der Waals surface area (Å²) in [5, 5.41) is 8.99. The van der Waals surface area contributed by atoms with Gasteiger partial charge in [-0.1, -0.05) is 28.1 Å². The first kappa shape index (κ1) is 9.71. The summed E-state index contributed by atoms with van der Waals surface area (Å²) in [5.74, 6) is -0.501. The van der Waals surface area contributed by atoms with E-state index >= 15 is 0 Å². The zero-order chi connectivity index (χ0) is 10.3. The molecule has 1 aliphatic rings. The van der Waals surface area contributed by atoms with Gasteiger partial charge in [0.15, 0.2) is 0 Å². The molecule has 0 heterocycles. The number of carboxylic acids is 1. The third kappa shape index (κ3) is 1.46. The Balaban J connectivity index is 2.21. The van der Waals surface area contributed by atoms with Crippen LogP contribution in [0.15, 0.2) is 28.7 Å². The number of benzene rings is 1. The van der Waals surface area contributed by atoms with Gasteiger partial charge in [0, 0.05) is 10.4 Å². The number of hydrogen-bond donors (Lipinski definition) is 1. The molecule has 1 aromatic carbocycles. The summed E-state index contributed by atoms with van der Waals surface area (Å²) >= 11 is 3.36. The molecule has 0 amide bonds. The number of carbonyl (C=O) groups is 1. The van der Waals surface area contributed by atoms with Gasteiger partial charge < -0.3 is 5.11 Å². The molecule has 0 spiro atoms. The summed E-state index contributed by atoms with van der Waals surface area (Å²) in [5.41, 5.74) is 0.589. The second-order valence-corrected chi connectivity index (χ2v) is 4.95. The van der Waals surface area contributed by atoms with Crippen molar-refractivity contribution in [3.05, 3.63) is 34.3 Å². The lowest BCUT2D eigenvalue weighted by Crippen LogP contribution is -2.12. The molecule has 0 radical (unpaired) electrons. The van der Waals surface area contributed by atoms with Gasteiger partial charge in [-0.3, -0.25) is 4.79 Å². The first-order valence-electron chi connectivity index (χ1n) is 4.53. The molecule has 0 aromatic heterocycles. The van der Waals surface area contributed by atoms with Gasteiger partial charge in [-0.05, 0) is 31.0 Å². The Morgan fingerprint density at radius 2 is 2.07 bits per heavy atom. The van der Waals surface area contributed by atoms with Gasteiger partial charge in [-0.2, -0.15) is 0 Å². The minimum atomic E-state index is -0.689. The summed E-state index contributed by atoms with van der Waals surface area (Å²) in [6, 6.07) is 7.89. The molecule has 1 saturated carbocycles. The minimum absolute atomic E-state index is 0.188. The Bertz CT molecular complexity index is 371. The highest BCUT2D eigenvalue weighted by molar-refractivity contribution is 9.10. The van der Waals surface area contributed by atoms with Crippen molar-refractivity contribution in [2.75, 3.05) is 0 Å². The molecule has 1 fully saturated rings. The van der Waals surface area contributed by atoms with Crippen molar-refractivity contribution in [2.24, 2.45) is 5.41 Å². The molecule has 14 heavy (non-hydrogen) atoms. The standard InChI is InChI=1S/C11H11BrO2/c1-11(10(13)14)6-9(11)7-2-4-8(12)5-3-7/h2-5,9H,6H2,1H3,(H,13,14)/t9-,11+/m0/s1. The van der Waals surface area contributed by atoms with E-state index in [0.29, 0.717) is 0 Å². The molecule has 0 saturated heterocycles. The van der Waals surface area contributed by atoms with Crippen LogP contribution in [0.25, 0.3) is 0 Å². The van der Waals surface area contributed by atoms with E-state index in [1.807, 2.05) is 31.2 Å². The van der Waals surface area contributed by atoms with E-state index in [9.17, 15) is 4.79 Å². The first-order chi connectivity index (χ1) is 6.54. The molecule has 1 aliphatic carbocycles. The van der Waals surface area contributed by atoms with Crippen molar-refractivity contribution in [1.29, 1.82) is 0 Å². The van der Waals surface area contributed by atoms with Crippen LogP contribution in [-0.2, 0) is 4.79 Å². The number of halogens is 1. The summed E-state index contributed by atoms with van der Waals surface area (Å²) in [6.45, 7) is 1.81. The minimum Gasteiger partial charge on any atom is -0.481 e. The third-order valence-electron chi connectivity index (χ3n) is 3.00. The largest absolute Gasteiger partial charge is 0.481 e. The van der Waals surface area contributed by atoms with Crippen LogP contribution in [0.3, 0.4) is 0 Å². The number of rotatable bonds is 2. The van der Waals surface area contributed by atoms with E-state index in [1.165, 1.54) is 0 Å². The highest BCUT2D eigenvalue weighted by Gasteiger charge is 2.56. The van der Waals surface area contributed by atoms with Crippen LogP contribution < -0.4 is 0 Å².